The number of carbonyl (C=O) groups is 1. The van der Waals surface area contributed by atoms with Gasteiger partial charge in [-0.2, -0.15) is 0 Å². The molecule has 0 aromatic carbocycles. The lowest BCUT2D eigenvalue weighted by molar-refractivity contribution is -0.122. The van der Waals surface area contributed by atoms with Gasteiger partial charge in [0.15, 0.2) is 0 Å². The summed E-state index contributed by atoms with van der Waals surface area (Å²) in [4.78, 5) is 11.8. The van der Waals surface area contributed by atoms with Crippen LogP contribution in [0.4, 0.5) is 0 Å². The number of nitrogens with one attached hydrogen (secondary N) is 1. The van der Waals surface area contributed by atoms with Gasteiger partial charge in [0.05, 0.1) is 4.83 Å². The van der Waals surface area contributed by atoms with Crippen LogP contribution in [0.25, 0.3) is 0 Å². The van der Waals surface area contributed by atoms with Crippen LogP contribution in [-0.2, 0) is 4.79 Å². The van der Waals surface area contributed by atoms with Crippen molar-refractivity contribution in [2.45, 2.75) is 50.4 Å². The summed E-state index contributed by atoms with van der Waals surface area (Å²) >= 11 is 3.46. The van der Waals surface area contributed by atoms with Crippen LogP contribution < -0.4 is 5.32 Å². The summed E-state index contributed by atoms with van der Waals surface area (Å²) in [7, 11) is 0. The van der Waals surface area contributed by atoms with Gasteiger partial charge in [-0.25, -0.2) is 0 Å². The maximum absolute atomic E-state index is 11.9. The molecule has 0 aromatic rings. The van der Waals surface area contributed by atoms with Gasteiger partial charge in [-0.05, 0) is 37.0 Å². The SMILES string of the molecule is CC(C)C(Br)C(=O)NC1CC2CCC1C2. The van der Waals surface area contributed by atoms with E-state index in [2.05, 4.69) is 35.1 Å². The predicted molar refractivity (Wildman–Crippen MR) is 64.9 cm³/mol. The number of hydrogen-bond donors (Lipinski definition) is 1. The van der Waals surface area contributed by atoms with Crippen LogP contribution >= 0.6 is 15.9 Å². The smallest absolute Gasteiger partial charge is 0.234 e. The third-order valence-electron chi connectivity index (χ3n) is 3.90. The summed E-state index contributed by atoms with van der Waals surface area (Å²) in [6, 6.07) is 0.468. The first-order valence-corrected chi connectivity index (χ1v) is 6.94. The van der Waals surface area contributed by atoms with Crippen molar-refractivity contribution in [1.82, 2.24) is 5.32 Å². The largest absolute Gasteiger partial charge is 0.352 e. The van der Waals surface area contributed by atoms with E-state index in [0.717, 1.165) is 11.8 Å². The van der Waals surface area contributed by atoms with Crippen molar-refractivity contribution in [2.75, 3.05) is 0 Å². The number of fused-ring (bicyclic) bond motifs is 2. The molecule has 4 unspecified atom stereocenters. The van der Waals surface area contributed by atoms with E-state index >= 15 is 0 Å². The predicted octanol–water partition coefficient (Wildman–Crippen LogP) is 2.71. The Bertz CT molecular complexity index is 254. The highest BCUT2D eigenvalue weighted by atomic mass is 79.9. The minimum atomic E-state index is -0.0309. The van der Waals surface area contributed by atoms with Gasteiger partial charge < -0.3 is 5.32 Å². The standard InChI is InChI=1S/C12H20BrNO/c1-7(2)11(13)12(15)14-10-6-8-3-4-9(10)5-8/h7-11H,3-6H2,1-2H3,(H,14,15). The van der Waals surface area contributed by atoms with Crippen molar-refractivity contribution in [1.29, 1.82) is 0 Å². The van der Waals surface area contributed by atoms with E-state index in [1.165, 1.54) is 25.7 Å². The Kier molecular flexibility index (Phi) is 3.39. The Morgan fingerprint density at radius 1 is 1.33 bits per heavy atom. The summed E-state index contributed by atoms with van der Waals surface area (Å²) in [6.45, 7) is 4.14. The number of carbonyl (C=O) groups excluding carboxylic acids is 1. The molecule has 0 saturated heterocycles. The molecule has 0 aliphatic heterocycles. The highest BCUT2D eigenvalue weighted by molar-refractivity contribution is 9.10. The fraction of sp³-hybridized carbons (Fsp3) is 0.917. The van der Waals surface area contributed by atoms with Gasteiger partial charge in [0.1, 0.15) is 0 Å². The molecule has 2 aliphatic carbocycles. The number of rotatable bonds is 3. The Morgan fingerprint density at radius 3 is 2.53 bits per heavy atom. The normalized spacial score (nSPS) is 35.9. The summed E-state index contributed by atoms with van der Waals surface area (Å²) in [5, 5.41) is 3.21. The molecular formula is C12H20BrNO. The van der Waals surface area contributed by atoms with E-state index in [1.54, 1.807) is 0 Å². The lowest BCUT2D eigenvalue weighted by atomic mass is 9.95. The second kappa shape index (κ2) is 4.44. The second-order valence-electron chi connectivity index (χ2n) is 5.44. The fourth-order valence-electron chi connectivity index (χ4n) is 2.99. The van der Waals surface area contributed by atoms with E-state index < -0.39 is 0 Å². The third-order valence-corrected chi connectivity index (χ3v) is 5.37. The monoisotopic (exact) mass is 273 g/mol. The molecule has 0 heterocycles. The van der Waals surface area contributed by atoms with Gasteiger partial charge in [-0.1, -0.05) is 36.2 Å². The molecule has 2 nitrogen and oxygen atoms in total. The fourth-order valence-corrected chi connectivity index (χ4v) is 3.12. The quantitative estimate of drug-likeness (QED) is 0.788. The molecule has 86 valence electrons. The van der Waals surface area contributed by atoms with Crippen LogP contribution in [0, 0.1) is 17.8 Å². The topological polar surface area (TPSA) is 29.1 Å². The molecule has 1 N–H and O–H groups in total. The van der Waals surface area contributed by atoms with E-state index in [1.807, 2.05) is 0 Å². The number of hydrogen-bond acceptors (Lipinski definition) is 1. The summed E-state index contributed by atoms with van der Waals surface area (Å²) in [5.41, 5.74) is 0. The van der Waals surface area contributed by atoms with Crippen molar-refractivity contribution < 1.29 is 4.79 Å². The molecule has 3 heteroatoms. The summed E-state index contributed by atoms with van der Waals surface area (Å²) < 4.78 is 0. The molecule has 15 heavy (non-hydrogen) atoms. The van der Waals surface area contributed by atoms with E-state index in [9.17, 15) is 4.79 Å². The Balaban J connectivity index is 1.85. The van der Waals surface area contributed by atoms with Crippen molar-refractivity contribution in [3.8, 4) is 0 Å². The maximum Gasteiger partial charge on any atom is 0.234 e. The molecule has 2 aliphatic rings. The molecule has 0 aromatic heterocycles. The molecule has 0 spiro atoms. The van der Waals surface area contributed by atoms with Crippen LogP contribution in [0.15, 0.2) is 0 Å². The van der Waals surface area contributed by atoms with Crippen molar-refractivity contribution in [3.05, 3.63) is 0 Å². The Morgan fingerprint density at radius 2 is 2.07 bits per heavy atom. The van der Waals surface area contributed by atoms with Gasteiger partial charge in [0, 0.05) is 6.04 Å². The first-order valence-electron chi connectivity index (χ1n) is 6.02. The zero-order chi connectivity index (χ0) is 11.0. The first-order chi connectivity index (χ1) is 7.08. The molecule has 4 atom stereocenters. The number of amides is 1. The highest BCUT2D eigenvalue weighted by Gasteiger charge is 2.40. The van der Waals surface area contributed by atoms with E-state index in [-0.39, 0.29) is 10.7 Å². The molecular weight excluding hydrogens is 254 g/mol. The Hall–Kier alpha value is -0.0500. The first kappa shape index (κ1) is 11.4. The van der Waals surface area contributed by atoms with E-state index in [4.69, 9.17) is 0 Å². The maximum atomic E-state index is 11.9. The van der Waals surface area contributed by atoms with Gasteiger partial charge in [0.25, 0.3) is 0 Å². The molecule has 2 saturated carbocycles. The zero-order valence-electron chi connectivity index (χ0n) is 9.50. The molecule has 2 rings (SSSR count). The average molecular weight is 274 g/mol. The third kappa shape index (κ3) is 2.38. The van der Waals surface area contributed by atoms with Crippen LogP contribution in [-0.4, -0.2) is 16.8 Å². The van der Waals surface area contributed by atoms with Gasteiger partial charge in [-0.15, -0.1) is 0 Å². The van der Waals surface area contributed by atoms with Crippen LogP contribution in [0.3, 0.4) is 0 Å². The van der Waals surface area contributed by atoms with E-state index in [0.29, 0.717) is 12.0 Å². The molecule has 0 radical (unpaired) electrons. The van der Waals surface area contributed by atoms with Gasteiger partial charge in [-0.3, -0.25) is 4.79 Å². The number of halogens is 1. The minimum absolute atomic E-state index is 0.0309. The van der Waals surface area contributed by atoms with Crippen molar-refractivity contribution in [3.63, 3.8) is 0 Å². The highest BCUT2D eigenvalue weighted by Crippen LogP contribution is 2.44. The Labute approximate surface area is 100 Å². The van der Waals surface area contributed by atoms with Crippen molar-refractivity contribution in [2.24, 2.45) is 17.8 Å². The van der Waals surface area contributed by atoms with Crippen LogP contribution in [0.5, 0.6) is 0 Å². The van der Waals surface area contributed by atoms with Crippen molar-refractivity contribution >= 4 is 21.8 Å². The molecule has 2 bridgehead atoms. The lowest BCUT2D eigenvalue weighted by Gasteiger charge is -2.25. The van der Waals surface area contributed by atoms with Gasteiger partial charge in [0.2, 0.25) is 5.91 Å². The zero-order valence-corrected chi connectivity index (χ0v) is 11.1. The molecule has 1 amide bonds. The second-order valence-corrected chi connectivity index (χ2v) is 6.42. The minimum Gasteiger partial charge on any atom is -0.352 e. The molecule has 2 fully saturated rings. The number of alkyl halides is 1. The van der Waals surface area contributed by atoms with Crippen LogP contribution in [0.1, 0.15) is 39.5 Å². The lowest BCUT2D eigenvalue weighted by Crippen LogP contribution is -2.43. The van der Waals surface area contributed by atoms with Gasteiger partial charge >= 0.3 is 0 Å². The van der Waals surface area contributed by atoms with Crippen LogP contribution in [0.2, 0.25) is 0 Å². The average Bonchev–Trinajstić information content (AvgIpc) is 2.77. The summed E-state index contributed by atoms with van der Waals surface area (Å²) in [5.74, 6) is 2.21. The summed E-state index contributed by atoms with van der Waals surface area (Å²) in [6.07, 6.45) is 5.27.